The fourth-order valence-electron chi connectivity index (χ4n) is 1.43. The molecule has 15 heavy (non-hydrogen) atoms. The highest BCUT2D eigenvalue weighted by Crippen LogP contribution is 2.11. The predicted octanol–water partition coefficient (Wildman–Crippen LogP) is 0.805. The van der Waals surface area contributed by atoms with E-state index in [0.29, 0.717) is 6.42 Å². The molecule has 3 nitrogen and oxygen atoms in total. The molecular formula is C9H16F2N2OS. The van der Waals surface area contributed by atoms with Crippen LogP contribution in [0.25, 0.3) is 0 Å². The zero-order valence-electron chi connectivity index (χ0n) is 8.71. The molecule has 1 aliphatic rings. The minimum atomic E-state index is -2.45. The molecule has 0 radical (unpaired) electrons. The Balaban J connectivity index is 2.27. The van der Waals surface area contributed by atoms with Crippen molar-refractivity contribution in [2.75, 3.05) is 31.6 Å². The smallest absolute Gasteiger partial charge is 0.255 e. The molecule has 1 unspecified atom stereocenters. The van der Waals surface area contributed by atoms with Gasteiger partial charge in [0.25, 0.3) is 6.43 Å². The van der Waals surface area contributed by atoms with Crippen molar-refractivity contribution in [2.24, 2.45) is 0 Å². The van der Waals surface area contributed by atoms with Crippen LogP contribution in [0.5, 0.6) is 0 Å². The second-order valence-electron chi connectivity index (χ2n) is 3.60. The summed E-state index contributed by atoms with van der Waals surface area (Å²) in [5.41, 5.74) is 0. The highest BCUT2D eigenvalue weighted by molar-refractivity contribution is 7.99. The zero-order valence-corrected chi connectivity index (χ0v) is 9.53. The van der Waals surface area contributed by atoms with Crippen LogP contribution in [0.2, 0.25) is 0 Å². The van der Waals surface area contributed by atoms with Crippen molar-refractivity contribution in [3.63, 3.8) is 0 Å². The standard InChI is InChI=1S/C9H16F2N2OS/c1-13(5-8(10)11)9(14)4-7-6-15-3-2-12-7/h7-8,12H,2-6H2,1H3. The van der Waals surface area contributed by atoms with E-state index in [1.807, 2.05) is 0 Å². The summed E-state index contributed by atoms with van der Waals surface area (Å²) in [4.78, 5) is 12.6. The molecule has 1 amide bonds. The lowest BCUT2D eigenvalue weighted by atomic mass is 10.2. The molecule has 0 bridgehead atoms. The van der Waals surface area contributed by atoms with Crippen molar-refractivity contribution in [3.8, 4) is 0 Å². The van der Waals surface area contributed by atoms with Gasteiger partial charge in [-0.05, 0) is 0 Å². The van der Waals surface area contributed by atoms with E-state index < -0.39 is 13.0 Å². The van der Waals surface area contributed by atoms with Crippen LogP contribution in [0, 0.1) is 0 Å². The molecule has 0 spiro atoms. The molecule has 88 valence electrons. The van der Waals surface area contributed by atoms with E-state index in [0.717, 1.165) is 23.0 Å². The fourth-order valence-corrected chi connectivity index (χ4v) is 2.38. The zero-order chi connectivity index (χ0) is 11.3. The van der Waals surface area contributed by atoms with Gasteiger partial charge in [0.2, 0.25) is 5.91 Å². The van der Waals surface area contributed by atoms with Crippen molar-refractivity contribution in [1.29, 1.82) is 0 Å². The van der Waals surface area contributed by atoms with Crippen molar-refractivity contribution in [2.45, 2.75) is 18.9 Å². The molecule has 0 saturated carbocycles. The highest BCUT2D eigenvalue weighted by Gasteiger charge is 2.20. The number of thioether (sulfide) groups is 1. The third kappa shape index (κ3) is 4.79. The molecule has 0 aromatic rings. The number of nitrogens with zero attached hydrogens (tertiary/aromatic N) is 1. The Labute approximate surface area is 92.6 Å². The Morgan fingerprint density at radius 1 is 1.67 bits per heavy atom. The molecule has 1 heterocycles. The monoisotopic (exact) mass is 238 g/mol. The van der Waals surface area contributed by atoms with Gasteiger partial charge in [-0.1, -0.05) is 0 Å². The van der Waals surface area contributed by atoms with E-state index in [1.165, 1.54) is 7.05 Å². The Hall–Kier alpha value is -0.360. The summed E-state index contributed by atoms with van der Waals surface area (Å²) in [6.45, 7) is 0.417. The summed E-state index contributed by atoms with van der Waals surface area (Å²) in [6.07, 6.45) is -2.14. The van der Waals surface area contributed by atoms with Crippen molar-refractivity contribution in [3.05, 3.63) is 0 Å². The lowest BCUT2D eigenvalue weighted by molar-refractivity contribution is -0.132. The first-order valence-electron chi connectivity index (χ1n) is 4.93. The van der Waals surface area contributed by atoms with Gasteiger partial charge >= 0.3 is 0 Å². The van der Waals surface area contributed by atoms with Crippen LogP contribution >= 0.6 is 11.8 Å². The molecule has 1 aliphatic heterocycles. The summed E-state index contributed by atoms with van der Waals surface area (Å²) >= 11 is 1.79. The average molecular weight is 238 g/mol. The van der Waals surface area contributed by atoms with Crippen LogP contribution in [0.15, 0.2) is 0 Å². The third-order valence-corrected chi connectivity index (χ3v) is 3.39. The molecule has 0 aromatic carbocycles. The Morgan fingerprint density at radius 3 is 2.93 bits per heavy atom. The molecule has 1 rings (SSSR count). The van der Waals surface area contributed by atoms with E-state index in [2.05, 4.69) is 5.32 Å². The second-order valence-corrected chi connectivity index (χ2v) is 4.75. The first kappa shape index (κ1) is 12.7. The van der Waals surface area contributed by atoms with E-state index in [1.54, 1.807) is 11.8 Å². The molecule has 0 aromatic heterocycles. The first-order chi connectivity index (χ1) is 7.09. The van der Waals surface area contributed by atoms with Crippen LogP contribution in [0.3, 0.4) is 0 Å². The lowest BCUT2D eigenvalue weighted by Crippen LogP contribution is -2.42. The van der Waals surface area contributed by atoms with Crippen LogP contribution in [-0.2, 0) is 4.79 Å². The summed E-state index contributed by atoms with van der Waals surface area (Å²) in [5, 5.41) is 3.20. The molecule has 1 N–H and O–H groups in total. The number of carbonyl (C=O) groups is 1. The Bertz CT molecular complexity index is 210. The number of alkyl halides is 2. The van der Waals surface area contributed by atoms with Gasteiger partial charge in [-0.15, -0.1) is 0 Å². The van der Waals surface area contributed by atoms with Gasteiger partial charge in [-0.2, -0.15) is 11.8 Å². The summed E-state index contributed by atoms with van der Waals surface area (Å²) in [6, 6.07) is 0.136. The number of rotatable bonds is 4. The molecule has 1 atom stereocenters. The fraction of sp³-hybridized carbons (Fsp3) is 0.889. The van der Waals surface area contributed by atoms with Gasteiger partial charge in [0.1, 0.15) is 0 Å². The third-order valence-electron chi connectivity index (χ3n) is 2.26. The van der Waals surface area contributed by atoms with Gasteiger partial charge in [0, 0.05) is 37.6 Å². The highest BCUT2D eigenvalue weighted by atomic mass is 32.2. The van der Waals surface area contributed by atoms with Gasteiger partial charge in [0.15, 0.2) is 0 Å². The van der Waals surface area contributed by atoms with Gasteiger partial charge in [-0.25, -0.2) is 8.78 Å². The van der Waals surface area contributed by atoms with E-state index in [4.69, 9.17) is 0 Å². The van der Waals surface area contributed by atoms with E-state index in [9.17, 15) is 13.6 Å². The molecule has 6 heteroatoms. The Morgan fingerprint density at radius 2 is 2.40 bits per heavy atom. The van der Waals surface area contributed by atoms with Gasteiger partial charge < -0.3 is 10.2 Å². The summed E-state index contributed by atoms with van der Waals surface area (Å²) < 4.78 is 24.0. The molecule has 1 saturated heterocycles. The number of hydrogen-bond donors (Lipinski definition) is 1. The number of hydrogen-bond acceptors (Lipinski definition) is 3. The minimum absolute atomic E-state index is 0.136. The topological polar surface area (TPSA) is 32.3 Å². The average Bonchev–Trinajstić information content (AvgIpc) is 2.18. The van der Waals surface area contributed by atoms with Crippen molar-refractivity contribution >= 4 is 17.7 Å². The maximum atomic E-state index is 12.0. The first-order valence-corrected chi connectivity index (χ1v) is 6.08. The number of carbonyl (C=O) groups excluding carboxylic acids is 1. The summed E-state index contributed by atoms with van der Waals surface area (Å²) in [7, 11) is 1.42. The van der Waals surface area contributed by atoms with Gasteiger partial charge in [0.05, 0.1) is 6.54 Å². The number of amides is 1. The lowest BCUT2D eigenvalue weighted by Gasteiger charge is -2.25. The van der Waals surface area contributed by atoms with Crippen molar-refractivity contribution in [1.82, 2.24) is 10.2 Å². The number of nitrogens with one attached hydrogen (secondary N) is 1. The summed E-state index contributed by atoms with van der Waals surface area (Å²) in [5.74, 6) is 1.72. The second kappa shape index (κ2) is 6.27. The van der Waals surface area contributed by atoms with Crippen LogP contribution in [0.4, 0.5) is 8.78 Å². The quantitative estimate of drug-likeness (QED) is 0.786. The van der Waals surface area contributed by atoms with Crippen LogP contribution < -0.4 is 5.32 Å². The van der Waals surface area contributed by atoms with Gasteiger partial charge in [-0.3, -0.25) is 4.79 Å². The van der Waals surface area contributed by atoms with Crippen LogP contribution in [-0.4, -0.2) is 54.9 Å². The minimum Gasteiger partial charge on any atom is -0.340 e. The SMILES string of the molecule is CN(CC(F)F)C(=O)CC1CSCCN1. The molecule has 1 fully saturated rings. The maximum absolute atomic E-state index is 12.0. The normalized spacial score (nSPS) is 21.7. The largest absolute Gasteiger partial charge is 0.340 e. The number of halogens is 2. The molecular weight excluding hydrogens is 222 g/mol. The Kier molecular flexibility index (Phi) is 5.31. The molecule has 0 aliphatic carbocycles. The van der Waals surface area contributed by atoms with E-state index in [-0.39, 0.29) is 11.9 Å². The predicted molar refractivity (Wildman–Crippen MR) is 57.4 cm³/mol. The van der Waals surface area contributed by atoms with Crippen LogP contribution in [0.1, 0.15) is 6.42 Å². The van der Waals surface area contributed by atoms with Crippen molar-refractivity contribution < 1.29 is 13.6 Å². The van der Waals surface area contributed by atoms with E-state index >= 15 is 0 Å². The maximum Gasteiger partial charge on any atom is 0.255 e.